The topological polar surface area (TPSA) is 42.0 Å². The summed E-state index contributed by atoms with van der Waals surface area (Å²) in [5, 5.41) is 6.20. The first-order valence-electron chi connectivity index (χ1n) is 5.85. The molecule has 0 atom stereocenters. The first kappa shape index (κ1) is 12.9. The van der Waals surface area contributed by atoms with Crippen LogP contribution in [-0.2, 0) is 0 Å². The third kappa shape index (κ3) is 2.91. The molecule has 1 fully saturated rings. The summed E-state index contributed by atoms with van der Waals surface area (Å²) in [4.78, 5) is 16.5. The number of hydrogen-bond donors (Lipinski definition) is 1. The van der Waals surface area contributed by atoms with Gasteiger partial charge < -0.3 is 0 Å². The maximum atomic E-state index is 12.1. The van der Waals surface area contributed by atoms with E-state index in [-0.39, 0.29) is 5.91 Å². The molecule has 0 bridgehead atoms. The van der Waals surface area contributed by atoms with E-state index in [2.05, 4.69) is 10.3 Å². The lowest BCUT2D eigenvalue weighted by molar-refractivity contribution is 0.102. The highest BCUT2D eigenvalue weighted by molar-refractivity contribution is 7.14. The van der Waals surface area contributed by atoms with Gasteiger partial charge in [-0.3, -0.25) is 10.1 Å². The Morgan fingerprint density at radius 1 is 1.37 bits per heavy atom. The van der Waals surface area contributed by atoms with Crippen LogP contribution in [0.25, 0.3) is 0 Å². The normalized spacial score (nSPS) is 14.4. The lowest BCUT2D eigenvalue weighted by Gasteiger charge is -2.04. The molecule has 0 spiro atoms. The lowest BCUT2D eigenvalue weighted by atomic mass is 10.2. The summed E-state index contributed by atoms with van der Waals surface area (Å²) in [6, 6.07) is 4.81. The molecule has 1 aliphatic rings. The minimum absolute atomic E-state index is 0.288. The molecule has 0 aliphatic heterocycles. The predicted octanol–water partition coefficient (Wildman–Crippen LogP) is 4.58. The molecular formula is C13H10Cl2N2OS. The lowest BCUT2D eigenvalue weighted by Crippen LogP contribution is -2.12. The molecule has 3 nitrogen and oxygen atoms in total. The van der Waals surface area contributed by atoms with Crippen LogP contribution in [0.3, 0.4) is 0 Å². The summed E-state index contributed by atoms with van der Waals surface area (Å²) in [6.45, 7) is 0. The maximum Gasteiger partial charge on any atom is 0.259 e. The molecule has 6 heteroatoms. The molecule has 1 aromatic heterocycles. The van der Waals surface area contributed by atoms with Crippen molar-refractivity contribution >= 4 is 45.6 Å². The van der Waals surface area contributed by atoms with E-state index < -0.39 is 0 Å². The Kier molecular flexibility index (Phi) is 3.48. The number of hydrogen-bond acceptors (Lipinski definition) is 3. The van der Waals surface area contributed by atoms with Gasteiger partial charge in [-0.15, -0.1) is 11.3 Å². The number of anilines is 1. The van der Waals surface area contributed by atoms with E-state index in [1.54, 1.807) is 18.2 Å². The zero-order chi connectivity index (χ0) is 13.4. The van der Waals surface area contributed by atoms with Crippen molar-refractivity contribution in [3.8, 4) is 0 Å². The summed E-state index contributed by atoms with van der Waals surface area (Å²) < 4.78 is 0. The van der Waals surface area contributed by atoms with Gasteiger partial charge in [0.05, 0.1) is 16.3 Å². The van der Waals surface area contributed by atoms with Crippen molar-refractivity contribution in [2.24, 2.45) is 0 Å². The molecule has 19 heavy (non-hydrogen) atoms. The molecule has 0 unspecified atom stereocenters. The highest BCUT2D eigenvalue weighted by atomic mass is 35.5. The van der Waals surface area contributed by atoms with Crippen molar-refractivity contribution in [2.75, 3.05) is 5.32 Å². The monoisotopic (exact) mass is 312 g/mol. The van der Waals surface area contributed by atoms with Crippen LogP contribution in [0.4, 0.5) is 5.13 Å². The van der Waals surface area contributed by atoms with Gasteiger partial charge in [0, 0.05) is 16.3 Å². The highest BCUT2D eigenvalue weighted by Gasteiger charge is 2.26. The summed E-state index contributed by atoms with van der Waals surface area (Å²) >= 11 is 13.3. The van der Waals surface area contributed by atoms with Crippen molar-refractivity contribution in [3.63, 3.8) is 0 Å². The molecule has 0 saturated heterocycles. The van der Waals surface area contributed by atoms with Crippen LogP contribution < -0.4 is 5.32 Å². The van der Waals surface area contributed by atoms with Crippen LogP contribution in [0.2, 0.25) is 10.0 Å². The Labute approximate surface area is 124 Å². The van der Waals surface area contributed by atoms with E-state index in [0.29, 0.717) is 26.7 Å². The Bertz CT molecular complexity index is 637. The number of rotatable bonds is 3. The largest absolute Gasteiger partial charge is 0.298 e. The number of aromatic nitrogens is 1. The molecule has 2 aromatic rings. The van der Waals surface area contributed by atoms with Crippen molar-refractivity contribution in [3.05, 3.63) is 44.9 Å². The molecular weight excluding hydrogens is 303 g/mol. The predicted molar refractivity (Wildman–Crippen MR) is 78.5 cm³/mol. The fourth-order valence-corrected chi connectivity index (χ4v) is 2.91. The Balaban J connectivity index is 1.77. The number of halogens is 2. The summed E-state index contributed by atoms with van der Waals surface area (Å²) in [5.74, 6) is 0.292. The van der Waals surface area contributed by atoms with Crippen LogP contribution in [-0.4, -0.2) is 10.9 Å². The van der Waals surface area contributed by atoms with E-state index in [9.17, 15) is 4.79 Å². The Morgan fingerprint density at radius 3 is 2.89 bits per heavy atom. The average molecular weight is 313 g/mol. The zero-order valence-electron chi connectivity index (χ0n) is 9.82. The SMILES string of the molecule is O=C(Nc1nc(C2CC2)cs1)c1cc(Cl)ccc1Cl. The van der Waals surface area contributed by atoms with Gasteiger partial charge >= 0.3 is 0 Å². The molecule has 98 valence electrons. The fraction of sp³-hybridized carbons (Fsp3) is 0.231. The third-order valence-electron chi connectivity index (χ3n) is 2.91. The van der Waals surface area contributed by atoms with Gasteiger partial charge in [-0.05, 0) is 31.0 Å². The van der Waals surface area contributed by atoms with Gasteiger partial charge in [-0.25, -0.2) is 4.98 Å². The van der Waals surface area contributed by atoms with Gasteiger partial charge in [-0.1, -0.05) is 23.2 Å². The second-order valence-electron chi connectivity index (χ2n) is 4.43. The molecule has 1 heterocycles. The van der Waals surface area contributed by atoms with E-state index in [0.717, 1.165) is 5.69 Å². The van der Waals surface area contributed by atoms with Gasteiger partial charge in [0.1, 0.15) is 0 Å². The number of nitrogens with one attached hydrogen (secondary N) is 1. The Morgan fingerprint density at radius 2 is 2.16 bits per heavy atom. The highest BCUT2D eigenvalue weighted by Crippen LogP contribution is 2.40. The van der Waals surface area contributed by atoms with Crippen molar-refractivity contribution in [1.29, 1.82) is 0 Å². The summed E-state index contributed by atoms with van der Waals surface area (Å²) in [5.41, 5.74) is 1.43. The number of carbonyl (C=O) groups excluding carboxylic acids is 1. The van der Waals surface area contributed by atoms with E-state index >= 15 is 0 Å². The quantitative estimate of drug-likeness (QED) is 0.901. The number of amides is 1. The number of nitrogens with zero attached hydrogens (tertiary/aromatic N) is 1. The van der Waals surface area contributed by atoms with Crippen LogP contribution in [0.1, 0.15) is 34.8 Å². The van der Waals surface area contributed by atoms with Gasteiger partial charge in [0.25, 0.3) is 5.91 Å². The molecule has 3 rings (SSSR count). The molecule has 1 amide bonds. The van der Waals surface area contributed by atoms with Crippen molar-refractivity contribution < 1.29 is 4.79 Å². The minimum atomic E-state index is -0.288. The Hall–Kier alpha value is -1.10. The van der Waals surface area contributed by atoms with Crippen LogP contribution in [0, 0.1) is 0 Å². The first-order chi connectivity index (χ1) is 9.13. The molecule has 1 aliphatic carbocycles. The second kappa shape index (κ2) is 5.12. The van der Waals surface area contributed by atoms with Crippen LogP contribution >= 0.6 is 34.5 Å². The smallest absolute Gasteiger partial charge is 0.259 e. The van der Waals surface area contributed by atoms with E-state index in [1.807, 2.05) is 5.38 Å². The van der Waals surface area contributed by atoms with E-state index in [4.69, 9.17) is 23.2 Å². The van der Waals surface area contributed by atoms with E-state index in [1.165, 1.54) is 24.2 Å². The first-order valence-corrected chi connectivity index (χ1v) is 7.49. The van der Waals surface area contributed by atoms with Crippen LogP contribution in [0.5, 0.6) is 0 Å². The molecule has 1 aromatic carbocycles. The van der Waals surface area contributed by atoms with Crippen molar-refractivity contribution in [2.45, 2.75) is 18.8 Å². The van der Waals surface area contributed by atoms with Crippen molar-refractivity contribution in [1.82, 2.24) is 4.98 Å². The standard InChI is InChI=1S/C13H10Cl2N2OS/c14-8-3-4-10(15)9(5-8)12(18)17-13-16-11(6-19-13)7-1-2-7/h3-7H,1-2H2,(H,16,17,18). The minimum Gasteiger partial charge on any atom is -0.298 e. The van der Waals surface area contributed by atoms with Gasteiger partial charge in [0.15, 0.2) is 5.13 Å². The number of thiazole rings is 1. The maximum absolute atomic E-state index is 12.1. The molecule has 1 N–H and O–H groups in total. The summed E-state index contributed by atoms with van der Waals surface area (Å²) in [7, 11) is 0. The number of carbonyl (C=O) groups is 1. The van der Waals surface area contributed by atoms with Gasteiger partial charge in [0.2, 0.25) is 0 Å². The molecule has 1 saturated carbocycles. The average Bonchev–Trinajstić information content (AvgIpc) is 3.13. The van der Waals surface area contributed by atoms with Gasteiger partial charge in [-0.2, -0.15) is 0 Å². The third-order valence-corrected chi connectivity index (χ3v) is 4.25. The molecule has 0 radical (unpaired) electrons. The van der Waals surface area contributed by atoms with Crippen LogP contribution in [0.15, 0.2) is 23.6 Å². The fourth-order valence-electron chi connectivity index (χ4n) is 1.75. The second-order valence-corrected chi connectivity index (χ2v) is 6.13. The number of benzene rings is 1. The zero-order valence-corrected chi connectivity index (χ0v) is 12.1. The summed E-state index contributed by atoms with van der Waals surface area (Å²) in [6.07, 6.45) is 2.38.